The fraction of sp³-hybridized carbons (Fsp3) is 0.550. The van der Waals surface area contributed by atoms with Crippen molar-refractivity contribution in [2.75, 3.05) is 0 Å². The summed E-state index contributed by atoms with van der Waals surface area (Å²) in [7, 11) is 0. The van der Waals surface area contributed by atoms with Crippen LogP contribution in [0.4, 0.5) is 0 Å². The lowest BCUT2D eigenvalue weighted by molar-refractivity contribution is -0.131. The van der Waals surface area contributed by atoms with Crippen LogP contribution in [0.1, 0.15) is 49.7 Å². The van der Waals surface area contributed by atoms with Crippen molar-refractivity contribution in [3.63, 3.8) is 0 Å². The Hall–Kier alpha value is -1.37. The molecule has 0 bridgehead atoms. The van der Waals surface area contributed by atoms with Crippen LogP contribution in [0.25, 0.3) is 0 Å². The van der Waals surface area contributed by atoms with Crippen LogP contribution in [0, 0.1) is 23.2 Å². The maximum absolute atomic E-state index is 13.0. The number of Topliss-reactive ketones (excluding diaryl/α,β-unsaturated/α-hetero) is 1. The molecular formula is C20H24O. The van der Waals surface area contributed by atoms with Gasteiger partial charge in [0.1, 0.15) is 5.78 Å². The molecule has 5 atom stereocenters. The number of hydrogen-bond donors (Lipinski definition) is 0. The van der Waals surface area contributed by atoms with Crippen LogP contribution < -0.4 is 0 Å². The first-order valence-corrected chi connectivity index (χ1v) is 8.38. The van der Waals surface area contributed by atoms with Gasteiger partial charge >= 0.3 is 0 Å². The fourth-order valence-corrected chi connectivity index (χ4v) is 5.76. The molecule has 0 aromatic heterocycles. The fourth-order valence-electron chi connectivity index (χ4n) is 5.76. The summed E-state index contributed by atoms with van der Waals surface area (Å²) in [6.07, 6.45) is 7.72. The summed E-state index contributed by atoms with van der Waals surface area (Å²) in [6.45, 7) is 6.39. The van der Waals surface area contributed by atoms with E-state index in [1.54, 1.807) is 0 Å². The summed E-state index contributed by atoms with van der Waals surface area (Å²) in [4.78, 5) is 13.0. The highest BCUT2D eigenvalue weighted by atomic mass is 16.1. The van der Waals surface area contributed by atoms with Crippen molar-refractivity contribution in [2.45, 2.75) is 44.9 Å². The highest BCUT2D eigenvalue weighted by Gasteiger charge is 2.56. The molecule has 4 rings (SSSR count). The SMILES string of the molecule is C=C[C@@H]1CC[C@@H]2[C@@H]3CCc4ccccc4[C@H]3C(=O)C[C@]12C. The highest BCUT2D eigenvalue weighted by molar-refractivity contribution is 5.88. The number of hydrogen-bond acceptors (Lipinski definition) is 1. The molecule has 0 N–H and O–H groups in total. The molecule has 0 radical (unpaired) electrons. The summed E-state index contributed by atoms with van der Waals surface area (Å²) < 4.78 is 0. The van der Waals surface area contributed by atoms with Gasteiger partial charge in [0.2, 0.25) is 0 Å². The Labute approximate surface area is 127 Å². The summed E-state index contributed by atoms with van der Waals surface area (Å²) >= 11 is 0. The highest BCUT2D eigenvalue weighted by Crippen LogP contribution is 2.61. The van der Waals surface area contributed by atoms with Gasteiger partial charge in [0.25, 0.3) is 0 Å². The van der Waals surface area contributed by atoms with E-state index in [1.807, 2.05) is 0 Å². The standard InChI is InChI=1S/C20H24O/c1-3-14-9-11-17-16-10-8-13-6-4-5-7-15(13)19(16)18(21)12-20(14,17)2/h3-7,14,16-17,19H,1,8-12H2,2H3/t14-,16+,17-,19-,20-/m1/s1. The van der Waals surface area contributed by atoms with E-state index in [0.717, 1.165) is 12.8 Å². The van der Waals surface area contributed by atoms with Gasteiger partial charge in [-0.3, -0.25) is 4.79 Å². The monoisotopic (exact) mass is 280 g/mol. The Morgan fingerprint density at radius 3 is 2.86 bits per heavy atom. The topological polar surface area (TPSA) is 17.1 Å². The minimum atomic E-state index is 0.173. The van der Waals surface area contributed by atoms with E-state index in [-0.39, 0.29) is 11.3 Å². The molecule has 21 heavy (non-hydrogen) atoms. The van der Waals surface area contributed by atoms with Crippen LogP contribution in [-0.2, 0) is 11.2 Å². The number of benzene rings is 1. The third kappa shape index (κ3) is 1.73. The zero-order valence-electron chi connectivity index (χ0n) is 12.8. The maximum atomic E-state index is 13.0. The number of carbonyl (C=O) groups excluding carboxylic acids is 1. The van der Waals surface area contributed by atoms with Crippen molar-refractivity contribution < 1.29 is 4.79 Å². The number of ketones is 1. The molecule has 1 aromatic rings. The van der Waals surface area contributed by atoms with Crippen molar-refractivity contribution in [1.29, 1.82) is 0 Å². The number of allylic oxidation sites excluding steroid dienone is 1. The van der Waals surface area contributed by atoms with E-state index >= 15 is 0 Å². The molecule has 3 aliphatic rings. The number of rotatable bonds is 1. The molecule has 2 saturated carbocycles. The molecule has 0 unspecified atom stereocenters. The van der Waals surface area contributed by atoms with Crippen molar-refractivity contribution in [3.05, 3.63) is 48.0 Å². The van der Waals surface area contributed by atoms with E-state index in [1.165, 1.54) is 30.4 Å². The molecule has 0 amide bonds. The van der Waals surface area contributed by atoms with Crippen LogP contribution in [0.15, 0.2) is 36.9 Å². The largest absolute Gasteiger partial charge is 0.299 e. The summed E-state index contributed by atoms with van der Waals surface area (Å²) in [5, 5.41) is 0. The van der Waals surface area contributed by atoms with Gasteiger partial charge in [-0.15, -0.1) is 6.58 Å². The third-order valence-electron chi connectivity index (χ3n) is 6.75. The van der Waals surface area contributed by atoms with Gasteiger partial charge in [-0.1, -0.05) is 37.3 Å². The van der Waals surface area contributed by atoms with E-state index in [4.69, 9.17) is 0 Å². The van der Waals surface area contributed by atoms with Gasteiger partial charge in [-0.25, -0.2) is 0 Å². The first-order valence-electron chi connectivity index (χ1n) is 8.38. The molecular weight excluding hydrogens is 256 g/mol. The van der Waals surface area contributed by atoms with E-state index in [0.29, 0.717) is 23.5 Å². The normalized spacial score (nSPS) is 41.1. The second kappa shape index (κ2) is 4.56. The predicted molar refractivity (Wildman–Crippen MR) is 85.1 cm³/mol. The predicted octanol–water partition coefficient (Wildman–Crippen LogP) is 4.52. The van der Waals surface area contributed by atoms with Crippen molar-refractivity contribution in [1.82, 2.24) is 0 Å². The van der Waals surface area contributed by atoms with Gasteiger partial charge < -0.3 is 0 Å². The Morgan fingerprint density at radius 1 is 1.24 bits per heavy atom. The quantitative estimate of drug-likeness (QED) is 0.691. The second-order valence-corrected chi connectivity index (χ2v) is 7.55. The van der Waals surface area contributed by atoms with Gasteiger partial charge in [-0.05, 0) is 60.0 Å². The lowest BCUT2D eigenvalue weighted by Gasteiger charge is -2.49. The minimum absolute atomic E-state index is 0.173. The summed E-state index contributed by atoms with van der Waals surface area (Å²) in [5.41, 5.74) is 2.92. The molecule has 2 fully saturated rings. The number of aryl methyl sites for hydroxylation is 1. The van der Waals surface area contributed by atoms with Crippen LogP contribution in [-0.4, -0.2) is 5.78 Å². The molecule has 1 nitrogen and oxygen atoms in total. The molecule has 3 aliphatic carbocycles. The van der Waals surface area contributed by atoms with E-state index < -0.39 is 0 Å². The smallest absolute Gasteiger partial charge is 0.141 e. The van der Waals surface area contributed by atoms with Crippen LogP contribution >= 0.6 is 0 Å². The third-order valence-corrected chi connectivity index (χ3v) is 6.75. The Balaban J connectivity index is 1.78. The Bertz CT molecular complexity index is 602. The van der Waals surface area contributed by atoms with E-state index in [9.17, 15) is 4.79 Å². The van der Waals surface area contributed by atoms with Crippen molar-refractivity contribution in [3.8, 4) is 0 Å². The minimum Gasteiger partial charge on any atom is -0.299 e. The van der Waals surface area contributed by atoms with Gasteiger partial charge in [0, 0.05) is 12.3 Å². The first kappa shape index (κ1) is 13.3. The Kier molecular flexibility index (Phi) is 2.89. The number of carbonyl (C=O) groups is 1. The Morgan fingerprint density at radius 2 is 2.05 bits per heavy atom. The molecule has 0 heterocycles. The maximum Gasteiger partial charge on any atom is 0.141 e. The summed E-state index contributed by atoms with van der Waals surface area (Å²) in [6, 6.07) is 8.63. The lowest BCUT2D eigenvalue weighted by atomic mass is 9.54. The van der Waals surface area contributed by atoms with Gasteiger partial charge in [0.15, 0.2) is 0 Å². The van der Waals surface area contributed by atoms with Crippen molar-refractivity contribution >= 4 is 5.78 Å². The van der Waals surface area contributed by atoms with Gasteiger partial charge in [-0.2, -0.15) is 0 Å². The molecule has 0 spiro atoms. The molecule has 0 aliphatic heterocycles. The second-order valence-electron chi connectivity index (χ2n) is 7.55. The van der Waals surface area contributed by atoms with Crippen LogP contribution in [0.3, 0.4) is 0 Å². The lowest BCUT2D eigenvalue weighted by Crippen LogP contribution is -2.46. The van der Waals surface area contributed by atoms with Crippen LogP contribution in [0.5, 0.6) is 0 Å². The summed E-state index contributed by atoms with van der Waals surface area (Å²) in [5.74, 6) is 2.47. The zero-order valence-corrected chi connectivity index (χ0v) is 12.8. The molecule has 1 aromatic carbocycles. The van der Waals surface area contributed by atoms with Crippen LogP contribution in [0.2, 0.25) is 0 Å². The zero-order chi connectivity index (χ0) is 14.6. The van der Waals surface area contributed by atoms with Crippen molar-refractivity contribution in [2.24, 2.45) is 23.2 Å². The molecule has 0 saturated heterocycles. The first-order chi connectivity index (χ1) is 10.1. The molecule has 1 heteroatoms. The average Bonchev–Trinajstić information content (AvgIpc) is 2.82. The number of fused-ring (bicyclic) bond motifs is 5. The van der Waals surface area contributed by atoms with Gasteiger partial charge in [0.05, 0.1) is 0 Å². The average molecular weight is 280 g/mol. The van der Waals surface area contributed by atoms with E-state index in [2.05, 4.69) is 43.8 Å². The molecule has 110 valence electrons.